The minimum atomic E-state index is -0.971. The molecule has 1 unspecified atom stereocenters. The Morgan fingerprint density at radius 1 is 1.40 bits per heavy atom. The van der Waals surface area contributed by atoms with Gasteiger partial charge >= 0.3 is 5.30 Å². The highest BCUT2D eigenvalue weighted by Gasteiger charge is 2.25. The highest BCUT2D eigenvalue weighted by atomic mass is 32.2. The first-order valence-corrected chi connectivity index (χ1v) is 3.89. The maximum absolute atomic E-state index is 10.3. The number of hydrogen-bond donors (Lipinski definition) is 1. The van der Waals surface area contributed by atoms with Gasteiger partial charge in [0.1, 0.15) is 0 Å². The van der Waals surface area contributed by atoms with Crippen LogP contribution in [0.1, 0.15) is 0 Å². The van der Waals surface area contributed by atoms with Crippen LogP contribution in [0.15, 0.2) is 28.0 Å². The second-order valence-electron chi connectivity index (χ2n) is 1.55. The molecule has 0 aliphatic carbocycles. The van der Waals surface area contributed by atoms with E-state index in [4.69, 9.17) is 5.11 Å². The standard InChI is InChI=1S/C6H5NO2S/c8-6(9)10-5-3-1-2-4-7-10/h1-5H/p+1. The van der Waals surface area contributed by atoms with Gasteiger partial charge in [0.05, 0.1) is 6.21 Å². The van der Waals surface area contributed by atoms with Crippen LogP contribution in [0.5, 0.6) is 0 Å². The maximum atomic E-state index is 10.3. The fraction of sp³-hybridized carbons (Fsp3) is 0. The molecule has 52 valence electrons. The molecule has 1 N–H and O–H groups in total. The van der Waals surface area contributed by atoms with Crippen LogP contribution in [0.2, 0.25) is 0 Å². The molecule has 4 heteroatoms. The fourth-order valence-corrected chi connectivity index (χ4v) is 1.19. The third-order valence-corrected chi connectivity index (χ3v) is 1.99. The first-order valence-electron chi connectivity index (χ1n) is 2.64. The molecule has 10 heavy (non-hydrogen) atoms. The molecule has 1 heterocycles. The van der Waals surface area contributed by atoms with Crippen molar-refractivity contribution in [2.75, 3.05) is 0 Å². The van der Waals surface area contributed by atoms with Crippen LogP contribution < -0.4 is 0 Å². The van der Waals surface area contributed by atoms with Gasteiger partial charge in [0, 0.05) is 0 Å². The maximum Gasteiger partial charge on any atom is 0.558 e. The van der Waals surface area contributed by atoms with Crippen molar-refractivity contribution in [3.8, 4) is 0 Å². The molecule has 1 aliphatic heterocycles. The summed E-state index contributed by atoms with van der Waals surface area (Å²) in [5.41, 5.74) is 0. The van der Waals surface area contributed by atoms with Gasteiger partial charge in [-0.2, -0.15) is 4.79 Å². The Kier molecular flexibility index (Phi) is 2.28. The van der Waals surface area contributed by atoms with E-state index in [0.29, 0.717) is 0 Å². The summed E-state index contributed by atoms with van der Waals surface area (Å²) in [5.74, 6) is 0. The summed E-state index contributed by atoms with van der Waals surface area (Å²) in [7, 11) is 0. The van der Waals surface area contributed by atoms with Gasteiger partial charge in [-0.3, -0.25) is 0 Å². The molecule has 0 aromatic carbocycles. The fourth-order valence-electron chi connectivity index (χ4n) is 0.473. The molecule has 0 saturated carbocycles. The zero-order valence-electron chi connectivity index (χ0n) is 5.10. The van der Waals surface area contributed by atoms with Crippen molar-refractivity contribution in [2.24, 2.45) is 4.40 Å². The molecular weight excluding hydrogens is 150 g/mol. The van der Waals surface area contributed by atoms with E-state index in [1.165, 1.54) is 6.21 Å². The molecule has 0 radical (unpaired) electrons. The molecular formula is C6H6NO2S+. The van der Waals surface area contributed by atoms with E-state index in [-0.39, 0.29) is 0 Å². The predicted octanol–water partition coefficient (Wildman–Crippen LogP) is 1.35. The number of rotatable bonds is 0. The molecule has 1 rings (SSSR count). The molecule has 0 fully saturated rings. The number of carbonyl (C=O) groups is 1. The van der Waals surface area contributed by atoms with Gasteiger partial charge in [-0.15, -0.1) is 0 Å². The SMILES string of the molecule is O=C(O)[S+]1C=CC=CC=N1. The van der Waals surface area contributed by atoms with E-state index in [1.807, 2.05) is 0 Å². The van der Waals surface area contributed by atoms with Crippen molar-refractivity contribution in [3.63, 3.8) is 0 Å². The Bertz CT molecular complexity index is 204. The van der Waals surface area contributed by atoms with Gasteiger partial charge in [0.2, 0.25) is 0 Å². The smallest absolute Gasteiger partial charge is 0.439 e. The molecule has 0 spiro atoms. The summed E-state index contributed by atoms with van der Waals surface area (Å²) in [4.78, 5) is 10.3. The van der Waals surface area contributed by atoms with Crippen LogP contribution in [-0.2, 0) is 11.1 Å². The zero-order chi connectivity index (χ0) is 7.40. The molecule has 1 aliphatic rings. The van der Waals surface area contributed by atoms with Gasteiger partial charge < -0.3 is 5.11 Å². The van der Waals surface area contributed by atoms with Crippen molar-refractivity contribution in [2.45, 2.75) is 0 Å². The van der Waals surface area contributed by atoms with Crippen molar-refractivity contribution < 1.29 is 9.90 Å². The summed E-state index contributed by atoms with van der Waals surface area (Å²) in [6.07, 6.45) is 6.63. The van der Waals surface area contributed by atoms with E-state index in [2.05, 4.69) is 4.40 Å². The first-order chi connectivity index (χ1) is 4.80. The van der Waals surface area contributed by atoms with Gasteiger partial charge in [-0.05, 0) is 16.5 Å². The summed E-state index contributed by atoms with van der Waals surface area (Å²) < 4.78 is 3.75. The van der Waals surface area contributed by atoms with E-state index in [1.54, 1.807) is 23.6 Å². The van der Waals surface area contributed by atoms with Crippen LogP contribution in [0.25, 0.3) is 0 Å². The van der Waals surface area contributed by atoms with Gasteiger partial charge in [0.15, 0.2) is 5.41 Å². The van der Waals surface area contributed by atoms with Crippen molar-refractivity contribution in [3.05, 3.63) is 23.6 Å². The topological polar surface area (TPSA) is 49.7 Å². The zero-order valence-corrected chi connectivity index (χ0v) is 5.91. The quantitative estimate of drug-likeness (QED) is 0.538. The molecule has 0 aromatic rings. The second-order valence-corrected chi connectivity index (χ2v) is 3.01. The van der Waals surface area contributed by atoms with Gasteiger partial charge in [0.25, 0.3) is 11.1 Å². The Morgan fingerprint density at radius 2 is 2.20 bits per heavy atom. The highest BCUT2D eigenvalue weighted by molar-refractivity contribution is 8.11. The first kappa shape index (κ1) is 7.08. The predicted molar refractivity (Wildman–Crippen MR) is 42.2 cm³/mol. The Morgan fingerprint density at radius 3 is 2.90 bits per heavy atom. The van der Waals surface area contributed by atoms with Crippen LogP contribution in [0, 0.1) is 0 Å². The van der Waals surface area contributed by atoms with E-state index < -0.39 is 16.4 Å². The Balaban J connectivity index is 2.72. The van der Waals surface area contributed by atoms with Crippen molar-refractivity contribution in [1.29, 1.82) is 0 Å². The van der Waals surface area contributed by atoms with Crippen LogP contribution >= 0.6 is 0 Å². The number of hydrogen-bond acceptors (Lipinski definition) is 2. The van der Waals surface area contributed by atoms with E-state index in [9.17, 15) is 4.79 Å². The molecule has 1 atom stereocenters. The molecule has 0 saturated heterocycles. The van der Waals surface area contributed by atoms with Crippen LogP contribution in [0.3, 0.4) is 0 Å². The summed E-state index contributed by atoms with van der Waals surface area (Å²) in [6.45, 7) is 0. The average molecular weight is 156 g/mol. The average Bonchev–Trinajstić information content (AvgIpc) is 2.12. The lowest BCUT2D eigenvalue weighted by molar-refractivity contribution is 0.221. The lowest BCUT2D eigenvalue weighted by Gasteiger charge is -1.80. The van der Waals surface area contributed by atoms with Crippen molar-refractivity contribution in [1.82, 2.24) is 0 Å². The number of carboxylic acid groups (broad SMARTS) is 1. The highest BCUT2D eigenvalue weighted by Crippen LogP contribution is 2.03. The minimum absolute atomic E-state index is 0.892. The van der Waals surface area contributed by atoms with Gasteiger partial charge in [-0.1, -0.05) is 6.08 Å². The van der Waals surface area contributed by atoms with E-state index in [0.717, 1.165) is 0 Å². The lowest BCUT2D eigenvalue weighted by atomic mass is 10.5. The lowest BCUT2D eigenvalue weighted by Crippen LogP contribution is -2.05. The Hall–Kier alpha value is -1.03. The second kappa shape index (κ2) is 3.22. The number of nitrogens with zero attached hydrogens (tertiary/aromatic N) is 1. The van der Waals surface area contributed by atoms with Crippen LogP contribution in [0.4, 0.5) is 4.79 Å². The third kappa shape index (κ3) is 1.73. The molecule has 0 aromatic heterocycles. The van der Waals surface area contributed by atoms with Crippen LogP contribution in [-0.4, -0.2) is 16.6 Å². The van der Waals surface area contributed by atoms with E-state index >= 15 is 0 Å². The molecule has 0 amide bonds. The normalized spacial score (nSPS) is 22.6. The van der Waals surface area contributed by atoms with Gasteiger partial charge in [-0.25, -0.2) is 0 Å². The third-order valence-electron chi connectivity index (χ3n) is 0.869. The number of allylic oxidation sites excluding steroid dienone is 3. The summed E-state index contributed by atoms with van der Waals surface area (Å²) in [5, 5.41) is 9.15. The summed E-state index contributed by atoms with van der Waals surface area (Å²) in [6, 6.07) is 0. The molecule has 3 nitrogen and oxygen atoms in total. The van der Waals surface area contributed by atoms with Crippen molar-refractivity contribution >= 4 is 22.6 Å². The largest absolute Gasteiger partial charge is 0.558 e. The Labute approximate surface area is 61.3 Å². The monoisotopic (exact) mass is 156 g/mol. The minimum Gasteiger partial charge on any atom is -0.439 e. The summed E-state index contributed by atoms with van der Waals surface area (Å²) >= 11 is -0.971. The molecule has 0 bridgehead atoms.